The van der Waals surface area contributed by atoms with E-state index in [1.165, 1.54) is 0 Å². The largest absolute Gasteiger partial charge is 0.352 e. The summed E-state index contributed by atoms with van der Waals surface area (Å²) in [6, 6.07) is 15.9. The van der Waals surface area contributed by atoms with E-state index in [-0.39, 0.29) is 11.8 Å². The number of carbonyl (C=O) groups is 2. The number of aliphatic imine (C=N–C) groups is 1. The van der Waals surface area contributed by atoms with Crippen LogP contribution in [-0.4, -0.2) is 31.4 Å². The summed E-state index contributed by atoms with van der Waals surface area (Å²) in [5, 5.41) is 9.57. The van der Waals surface area contributed by atoms with Gasteiger partial charge in [0.1, 0.15) is 0 Å². The number of guanidine groups is 1. The second-order valence-electron chi connectivity index (χ2n) is 8.44. The lowest BCUT2D eigenvalue weighted by atomic mass is 10.1. The van der Waals surface area contributed by atoms with Gasteiger partial charge in [0.2, 0.25) is 11.8 Å². The van der Waals surface area contributed by atoms with Gasteiger partial charge in [-0.3, -0.25) is 14.6 Å². The molecular weight excluding hydrogens is 402 g/mol. The summed E-state index contributed by atoms with van der Waals surface area (Å²) in [6.07, 6.45) is 2.07. The van der Waals surface area contributed by atoms with Crippen LogP contribution in [0.15, 0.2) is 53.5 Å². The lowest BCUT2D eigenvalue weighted by Gasteiger charge is -2.16. The Bertz CT molecular complexity index is 953. The molecule has 2 aromatic rings. The topological polar surface area (TPSA) is 85.8 Å². The maximum absolute atomic E-state index is 12.0. The van der Waals surface area contributed by atoms with Crippen molar-refractivity contribution in [3.8, 4) is 0 Å². The molecule has 0 unspecified atom stereocenters. The lowest BCUT2D eigenvalue weighted by Crippen LogP contribution is -2.36. The first-order chi connectivity index (χ1) is 15.4. The third-order valence-corrected chi connectivity index (χ3v) is 5.27. The van der Waals surface area contributed by atoms with Crippen LogP contribution in [0.25, 0.3) is 0 Å². The van der Waals surface area contributed by atoms with Crippen molar-refractivity contribution in [1.29, 1.82) is 0 Å². The monoisotopic (exact) mass is 435 g/mol. The average molecular weight is 436 g/mol. The van der Waals surface area contributed by atoms with Crippen LogP contribution in [0.2, 0.25) is 0 Å². The van der Waals surface area contributed by atoms with Crippen molar-refractivity contribution >= 4 is 29.1 Å². The van der Waals surface area contributed by atoms with Crippen LogP contribution < -0.4 is 20.9 Å². The van der Waals surface area contributed by atoms with E-state index in [9.17, 15) is 9.59 Å². The minimum atomic E-state index is 0.0303. The number of hydrogen-bond acceptors (Lipinski definition) is 3. The van der Waals surface area contributed by atoms with Crippen LogP contribution in [0.1, 0.15) is 44.2 Å². The molecule has 0 spiro atoms. The number of amides is 2. The number of carbonyl (C=O) groups excluding carboxylic acids is 2. The molecule has 32 heavy (non-hydrogen) atoms. The second kappa shape index (κ2) is 11.3. The first kappa shape index (κ1) is 23.3. The number of rotatable bonds is 8. The van der Waals surface area contributed by atoms with E-state index in [0.717, 1.165) is 35.5 Å². The molecule has 0 aromatic heterocycles. The van der Waals surface area contributed by atoms with Gasteiger partial charge in [-0.15, -0.1) is 0 Å². The summed E-state index contributed by atoms with van der Waals surface area (Å²) in [6.45, 7) is 6.07. The molecule has 0 atom stereocenters. The minimum absolute atomic E-state index is 0.0303. The first-order valence-electron chi connectivity index (χ1n) is 11.2. The van der Waals surface area contributed by atoms with Crippen LogP contribution >= 0.6 is 0 Å². The predicted molar refractivity (Wildman–Crippen MR) is 130 cm³/mol. The molecule has 0 saturated carbocycles. The summed E-state index contributed by atoms with van der Waals surface area (Å²) in [7, 11) is 1.74. The van der Waals surface area contributed by atoms with Gasteiger partial charge in [-0.1, -0.05) is 38.1 Å². The number of nitrogens with one attached hydrogen (secondary N) is 3. The maximum atomic E-state index is 12.0. The van der Waals surface area contributed by atoms with Gasteiger partial charge in [-0.25, -0.2) is 0 Å². The normalized spacial score (nSPS) is 14.1. The van der Waals surface area contributed by atoms with E-state index in [1.54, 1.807) is 7.05 Å². The highest BCUT2D eigenvalue weighted by Crippen LogP contribution is 2.21. The summed E-state index contributed by atoms with van der Waals surface area (Å²) < 4.78 is 0. The van der Waals surface area contributed by atoms with E-state index in [4.69, 9.17) is 0 Å². The van der Waals surface area contributed by atoms with Gasteiger partial charge in [0.05, 0.1) is 0 Å². The third kappa shape index (κ3) is 6.83. The predicted octanol–water partition coefficient (Wildman–Crippen LogP) is 3.66. The molecule has 2 aromatic carbocycles. The Morgan fingerprint density at radius 3 is 2.41 bits per heavy atom. The van der Waals surface area contributed by atoms with E-state index in [0.29, 0.717) is 37.8 Å². The van der Waals surface area contributed by atoms with Crippen molar-refractivity contribution in [1.82, 2.24) is 10.6 Å². The Morgan fingerprint density at radius 1 is 1.06 bits per heavy atom. The molecule has 0 bridgehead atoms. The molecule has 1 aliphatic heterocycles. The SMILES string of the molecule is CN=C(NCc1ccc(N2CCCC2=O)cc1)NCc1cccc(NC(=O)CC(C)C)c1. The van der Waals surface area contributed by atoms with Crippen molar-refractivity contribution in [3.63, 3.8) is 0 Å². The van der Waals surface area contributed by atoms with Crippen LogP contribution in [0, 0.1) is 5.92 Å². The molecule has 170 valence electrons. The van der Waals surface area contributed by atoms with E-state index < -0.39 is 0 Å². The summed E-state index contributed by atoms with van der Waals surface area (Å²) >= 11 is 0. The quantitative estimate of drug-likeness (QED) is 0.436. The fourth-order valence-electron chi connectivity index (χ4n) is 3.65. The zero-order chi connectivity index (χ0) is 22.9. The molecule has 7 nitrogen and oxygen atoms in total. The lowest BCUT2D eigenvalue weighted by molar-refractivity contribution is -0.117. The van der Waals surface area contributed by atoms with Crippen molar-refractivity contribution in [2.45, 2.75) is 46.2 Å². The minimum Gasteiger partial charge on any atom is -0.352 e. The van der Waals surface area contributed by atoms with Gasteiger partial charge in [0, 0.05) is 50.9 Å². The number of anilines is 2. The Labute approximate surface area is 190 Å². The maximum Gasteiger partial charge on any atom is 0.227 e. The first-order valence-corrected chi connectivity index (χ1v) is 11.2. The van der Waals surface area contributed by atoms with Gasteiger partial charge in [-0.05, 0) is 47.7 Å². The van der Waals surface area contributed by atoms with Crippen LogP contribution in [-0.2, 0) is 22.7 Å². The molecule has 0 radical (unpaired) electrons. The smallest absolute Gasteiger partial charge is 0.227 e. The van der Waals surface area contributed by atoms with Crippen LogP contribution in [0.5, 0.6) is 0 Å². The van der Waals surface area contributed by atoms with Crippen molar-refractivity contribution in [3.05, 3.63) is 59.7 Å². The molecule has 1 saturated heterocycles. The Balaban J connectivity index is 1.48. The molecule has 7 heteroatoms. The molecular formula is C25H33N5O2. The molecule has 2 amide bonds. The van der Waals surface area contributed by atoms with E-state index >= 15 is 0 Å². The molecule has 3 rings (SSSR count). The highest BCUT2D eigenvalue weighted by molar-refractivity contribution is 5.95. The third-order valence-electron chi connectivity index (χ3n) is 5.27. The summed E-state index contributed by atoms with van der Waals surface area (Å²) in [5.41, 5.74) is 3.92. The number of hydrogen-bond donors (Lipinski definition) is 3. The Hall–Kier alpha value is -3.35. The molecule has 1 fully saturated rings. The average Bonchev–Trinajstić information content (AvgIpc) is 3.20. The fraction of sp³-hybridized carbons (Fsp3) is 0.400. The van der Waals surface area contributed by atoms with Gasteiger partial charge >= 0.3 is 0 Å². The standard InChI is InChI=1S/C25H33N5O2/c1-18(2)14-23(31)29-21-7-4-6-20(15-21)17-28-25(26-3)27-16-19-9-11-22(12-10-19)30-13-5-8-24(30)32/h4,6-7,9-12,15,18H,5,8,13-14,16-17H2,1-3H3,(H,29,31)(H2,26,27,28). The number of nitrogens with zero attached hydrogens (tertiary/aromatic N) is 2. The second-order valence-corrected chi connectivity index (χ2v) is 8.44. The Morgan fingerprint density at radius 2 is 1.78 bits per heavy atom. The highest BCUT2D eigenvalue weighted by Gasteiger charge is 2.21. The van der Waals surface area contributed by atoms with Gasteiger partial charge < -0.3 is 20.9 Å². The molecule has 3 N–H and O–H groups in total. The summed E-state index contributed by atoms with van der Waals surface area (Å²) in [4.78, 5) is 30.0. The zero-order valence-corrected chi connectivity index (χ0v) is 19.1. The van der Waals surface area contributed by atoms with Crippen LogP contribution in [0.3, 0.4) is 0 Å². The van der Waals surface area contributed by atoms with Gasteiger partial charge in [0.15, 0.2) is 5.96 Å². The van der Waals surface area contributed by atoms with Crippen molar-refractivity contribution < 1.29 is 9.59 Å². The Kier molecular flexibility index (Phi) is 8.25. The number of benzene rings is 2. The summed E-state index contributed by atoms with van der Waals surface area (Å²) in [5.74, 6) is 1.25. The van der Waals surface area contributed by atoms with E-state index in [2.05, 4.69) is 20.9 Å². The van der Waals surface area contributed by atoms with Crippen molar-refractivity contribution in [2.24, 2.45) is 10.9 Å². The van der Waals surface area contributed by atoms with Crippen LogP contribution in [0.4, 0.5) is 11.4 Å². The van der Waals surface area contributed by atoms with E-state index in [1.807, 2.05) is 67.3 Å². The van der Waals surface area contributed by atoms with Gasteiger partial charge in [-0.2, -0.15) is 0 Å². The van der Waals surface area contributed by atoms with Gasteiger partial charge in [0.25, 0.3) is 0 Å². The highest BCUT2D eigenvalue weighted by atomic mass is 16.2. The fourth-order valence-corrected chi connectivity index (χ4v) is 3.65. The van der Waals surface area contributed by atoms with Crippen molar-refractivity contribution in [2.75, 3.05) is 23.8 Å². The molecule has 1 aliphatic rings. The zero-order valence-electron chi connectivity index (χ0n) is 19.1. The molecule has 1 heterocycles. The molecule has 0 aliphatic carbocycles.